The van der Waals surface area contributed by atoms with E-state index in [-0.39, 0.29) is 30.6 Å². The van der Waals surface area contributed by atoms with Gasteiger partial charge in [0.1, 0.15) is 5.70 Å². The number of carbonyl (C=O) groups excluding carboxylic acids is 2. The smallest absolute Gasteiger partial charge is 0.278 e. The van der Waals surface area contributed by atoms with Gasteiger partial charge in [0.25, 0.3) is 11.8 Å². The molecular weight excluding hydrogens is 366 g/mol. The fraction of sp³-hybridized carbons (Fsp3) is 0.348. The Hall–Kier alpha value is -2.99. The fourth-order valence-corrected chi connectivity index (χ4v) is 4.01. The van der Waals surface area contributed by atoms with E-state index < -0.39 is 0 Å². The Kier molecular flexibility index (Phi) is 5.20. The molecule has 0 N–H and O–H groups in total. The van der Waals surface area contributed by atoms with Gasteiger partial charge in [0.05, 0.1) is 24.3 Å². The predicted molar refractivity (Wildman–Crippen MR) is 109 cm³/mol. The summed E-state index contributed by atoms with van der Waals surface area (Å²) in [6.45, 7) is 7.38. The molecule has 2 aliphatic rings. The number of carbonyl (C=O) groups is 2. The van der Waals surface area contributed by atoms with Gasteiger partial charge in [-0.3, -0.25) is 19.5 Å². The van der Waals surface area contributed by atoms with Gasteiger partial charge in [0.2, 0.25) is 0 Å². The Morgan fingerprint density at radius 1 is 0.966 bits per heavy atom. The lowest BCUT2D eigenvalue weighted by atomic mass is 10.0. The molecule has 0 spiro atoms. The van der Waals surface area contributed by atoms with Gasteiger partial charge in [0, 0.05) is 25.5 Å². The third kappa shape index (κ3) is 3.80. The molecule has 1 aromatic carbocycles. The number of nitrogens with zero attached hydrogens (tertiary/aromatic N) is 3. The average molecular weight is 391 g/mol. The summed E-state index contributed by atoms with van der Waals surface area (Å²) >= 11 is 0. The summed E-state index contributed by atoms with van der Waals surface area (Å²) in [5.74, 6) is -0.499. The molecule has 2 aromatic rings. The maximum absolute atomic E-state index is 13.4. The Morgan fingerprint density at radius 3 is 2.21 bits per heavy atom. The van der Waals surface area contributed by atoms with Crippen LogP contribution in [0.25, 0.3) is 5.57 Å². The van der Waals surface area contributed by atoms with E-state index in [4.69, 9.17) is 4.74 Å². The molecule has 0 saturated carbocycles. The molecule has 2 atom stereocenters. The van der Waals surface area contributed by atoms with Crippen molar-refractivity contribution in [2.75, 3.05) is 13.1 Å². The summed E-state index contributed by atoms with van der Waals surface area (Å²) in [4.78, 5) is 34.2. The predicted octanol–water partition coefficient (Wildman–Crippen LogP) is 2.78. The number of imide groups is 1. The van der Waals surface area contributed by atoms with Crippen molar-refractivity contribution in [3.8, 4) is 0 Å². The first-order valence-corrected chi connectivity index (χ1v) is 9.91. The topological polar surface area (TPSA) is 62.7 Å². The highest BCUT2D eigenvalue weighted by Gasteiger charge is 2.43. The molecule has 29 heavy (non-hydrogen) atoms. The van der Waals surface area contributed by atoms with E-state index in [2.05, 4.69) is 4.98 Å². The zero-order valence-electron chi connectivity index (χ0n) is 17.0. The van der Waals surface area contributed by atoms with Crippen molar-refractivity contribution in [3.63, 3.8) is 0 Å². The fourth-order valence-electron chi connectivity index (χ4n) is 4.01. The number of hydrogen-bond acceptors (Lipinski definition) is 5. The van der Waals surface area contributed by atoms with Crippen LogP contribution in [0.1, 0.15) is 30.5 Å². The first-order valence-electron chi connectivity index (χ1n) is 9.91. The molecule has 1 fully saturated rings. The highest BCUT2D eigenvalue weighted by Crippen LogP contribution is 2.34. The van der Waals surface area contributed by atoms with Crippen molar-refractivity contribution in [2.45, 2.75) is 39.5 Å². The number of ether oxygens (including phenoxy) is 1. The second-order valence-corrected chi connectivity index (χ2v) is 7.80. The number of morpholine rings is 1. The van der Waals surface area contributed by atoms with Crippen molar-refractivity contribution in [3.05, 3.63) is 71.2 Å². The molecule has 2 amide bonds. The molecular formula is C23H25N3O3. The minimum Gasteiger partial charge on any atom is -0.372 e. The van der Waals surface area contributed by atoms with Gasteiger partial charge in [-0.25, -0.2) is 0 Å². The van der Waals surface area contributed by atoms with E-state index in [0.29, 0.717) is 24.4 Å². The quantitative estimate of drug-likeness (QED) is 0.750. The molecule has 3 heterocycles. The maximum Gasteiger partial charge on any atom is 0.278 e. The van der Waals surface area contributed by atoms with Crippen LogP contribution in [0.2, 0.25) is 0 Å². The minimum atomic E-state index is -0.252. The van der Waals surface area contributed by atoms with Gasteiger partial charge >= 0.3 is 0 Å². The molecule has 2 aliphatic heterocycles. The third-order valence-corrected chi connectivity index (χ3v) is 5.31. The van der Waals surface area contributed by atoms with Crippen LogP contribution in [0.5, 0.6) is 0 Å². The molecule has 0 bridgehead atoms. The van der Waals surface area contributed by atoms with Crippen LogP contribution in [0, 0.1) is 6.92 Å². The van der Waals surface area contributed by atoms with Crippen molar-refractivity contribution in [1.29, 1.82) is 0 Å². The summed E-state index contributed by atoms with van der Waals surface area (Å²) in [6, 6.07) is 11.4. The highest BCUT2D eigenvalue weighted by molar-refractivity contribution is 6.35. The third-order valence-electron chi connectivity index (χ3n) is 5.31. The number of rotatable bonds is 4. The van der Waals surface area contributed by atoms with E-state index in [1.807, 2.05) is 62.1 Å². The first-order chi connectivity index (χ1) is 13.9. The molecule has 2 unspecified atom stereocenters. The Balaban J connectivity index is 1.75. The second-order valence-electron chi connectivity index (χ2n) is 7.80. The Bertz CT molecular complexity index is 943. The van der Waals surface area contributed by atoms with Gasteiger partial charge in [-0.2, -0.15) is 0 Å². The van der Waals surface area contributed by atoms with Crippen molar-refractivity contribution < 1.29 is 14.3 Å². The van der Waals surface area contributed by atoms with E-state index in [1.165, 1.54) is 4.90 Å². The number of aryl methyl sites for hydroxylation is 1. The minimum absolute atomic E-state index is 0.0114. The van der Waals surface area contributed by atoms with Crippen LogP contribution in [0.4, 0.5) is 0 Å². The van der Waals surface area contributed by atoms with Crippen LogP contribution in [-0.4, -0.2) is 51.9 Å². The van der Waals surface area contributed by atoms with Crippen LogP contribution in [-0.2, 0) is 20.9 Å². The van der Waals surface area contributed by atoms with Gasteiger partial charge < -0.3 is 9.64 Å². The van der Waals surface area contributed by atoms with Crippen LogP contribution in [0.15, 0.2) is 54.5 Å². The zero-order chi connectivity index (χ0) is 20.5. The van der Waals surface area contributed by atoms with E-state index in [1.54, 1.807) is 12.4 Å². The average Bonchev–Trinajstić information content (AvgIpc) is 2.93. The Morgan fingerprint density at radius 2 is 1.59 bits per heavy atom. The van der Waals surface area contributed by atoms with E-state index >= 15 is 0 Å². The van der Waals surface area contributed by atoms with Crippen LogP contribution < -0.4 is 0 Å². The Labute approximate surface area is 170 Å². The summed E-state index contributed by atoms with van der Waals surface area (Å²) in [7, 11) is 0. The molecule has 0 radical (unpaired) electrons. The number of hydrogen-bond donors (Lipinski definition) is 0. The lowest BCUT2D eigenvalue weighted by molar-refractivity contribution is -0.139. The number of aromatic nitrogens is 1. The van der Waals surface area contributed by atoms with Crippen molar-refractivity contribution in [2.24, 2.45) is 0 Å². The number of benzene rings is 1. The molecule has 6 nitrogen and oxygen atoms in total. The summed E-state index contributed by atoms with van der Waals surface area (Å²) < 4.78 is 5.84. The molecule has 4 rings (SSSR count). The summed E-state index contributed by atoms with van der Waals surface area (Å²) in [5, 5.41) is 0. The monoisotopic (exact) mass is 391 g/mol. The lowest BCUT2D eigenvalue weighted by Gasteiger charge is -2.37. The first kappa shape index (κ1) is 19.3. The standard InChI is InChI=1S/C23H25N3O3/c1-15-4-6-19(7-5-15)20-21(25-12-16(2)29-17(3)13-25)23(28)26(22(20)27)14-18-8-10-24-11-9-18/h4-11,16-17H,12-14H2,1-3H3. The van der Waals surface area contributed by atoms with Gasteiger partial charge in [-0.1, -0.05) is 29.8 Å². The molecule has 150 valence electrons. The van der Waals surface area contributed by atoms with Crippen molar-refractivity contribution >= 4 is 17.4 Å². The molecule has 0 aliphatic carbocycles. The second kappa shape index (κ2) is 7.79. The lowest BCUT2D eigenvalue weighted by Crippen LogP contribution is -2.46. The summed E-state index contributed by atoms with van der Waals surface area (Å²) in [6.07, 6.45) is 3.31. The molecule has 1 aromatic heterocycles. The summed E-state index contributed by atoms with van der Waals surface area (Å²) in [5.41, 5.74) is 3.71. The van der Waals surface area contributed by atoms with Gasteiger partial charge in [-0.15, -0.1) is 0 Å². The number of amides is 2. The van der Waals surface area contributed by atoms with E-state index in [9.17, 15) is 9.59 Å². The molecule has 6 heteroatoms. The van der Waals surface area contributed by atoms with Crippen LogP contribution in [0.3, 0.4) is 0 Å². The zero-order valence-corrected chi connectivity index (χ0v) is 17.0. The van der Waals surface area contributed by atoms with Crippen molar-refractivity contribution in [1.82, 2.24) is 14.8 Å². The SMILES string of the molecule is Cc1ccc(C2=C(N3CC(C)OC(C)C3)C(=O)N(Cc3ccncc3)C2=O)cc1. The van der Waals surface area contributed by atoms with E-state index in [0.717, 1.165) is 16.7 Å². The van der Waals surface area contributed by atoms with Crippen LogP contribution >= 0.6 is 0 Å². The van der Waals surface area contributed by atoms with Gasteiger partial charge in [0.15, 0.2) is 0 Å². The normalized spacial score (nSPS) is 22.6. The van der Waals surface area contributed by atoms with Gasteiger partial charge in [-0.05, 0) is 44.0 Å². The maximum atomic E-state index is 13.4. The molecule has 1 saturated heterocycles. The number of pyridine rings is 1. The largest absolute Gasteiger partial charge is 0.372 e. The highest BCUT2D eigenvalue weighted by atomic mass is 16.5.